The number of ether oxygens (including phenoxy) is 2. The van der Waals surface area contributed by atoms with E-state index in [1.807, 2.05) is 18.2 Å². The molecule has 0 amide bonds. The van der Waals surface area contributed by atoms with Gasteiger partial charge < -0.3 is 9.47 Å². The van der Waals surface area contributed by atoms with Crippen LogP contribution in [-0.2, 0) is 4.79 Å². The van der Waals surface area contributed by atoms with Gasteiger partial charge in [-0.25, -0.2) is 0 Å². The van der Waals surface area contributed by atoms with E-state index in [1.165, 1.54) is 0 Å². The molecule has 1 aliphatic heterocycles. The van der Waals surface area contributed by atoms with Gasteiger partial charge in [0.1, 0.15) is 0 Å². The van der Waals surface area contributed by atoms with Gasteiger partial charge in [0.2, 0.25) is 6.79 Å². The van der Waals surface area contributed by atoms with Crippen LogP contribution in [0.3, 0.4) is 0 Å². The molecule has 74 valence electrons. The Labute approximate surface area is 87.3 Å². The predicted octanol–water partition coefficient (Wildman–Crippen LogP) is 1.63. The van der Waals surface area contributed by atoms with Gasteiger partial charge in [-0.1, -0.05) is 12.0 Å². The van der Waals surface area contributed by atoms with Crippen LogP contribution in [0.1, 0.15) is 5.56 Å². The molecule has 1 aromatic carbocycles. The normalized spacial score (nSPS) is 12.3. The average molecular weight is 200 g/mol. The highest BCUT2D eigenvalue weighted by molar-refractivity contribution is 5.74. The molecule has 1 aliphatic rings. The molecule has 0 bridgehead atoms. The summed E-state index contributed by atoms with van der Waals surface area (Å²) in [6.45, 7) is 0.271. The molecule has 0 atom stereocenters. The number of carbonyl (C=O) groups is 1. The summed E-state index contributed by atoms with van der Waals surface area (Å²) >= 11 is 0. The molecule has 0 unspecified atom stereocenters. The van der Waals surface area contributed by atoms with Gasteiger partial charge in [-0.3, -0.25) is 4.79 Å². The molecule has 0 aromatic heterocycles. The first-order chi connectivity index (χ1) is 7.40. The van der Waals surface area contributed by atoms with E-state index < -0.39 is 0 Å². The Kier molecular flexibility index (Phi) is 2.70. The molecule has 3 nitrogen and oxygen atoms in total. The molecule has 0 fully saturated rings. The molecular weight excluding hydrogens is 192 g/mol. The maximum atomic E-state index is 9.93. The Balaban J connectivity index is 2.16. The second kappa shape index (κ2) is 4.34. The molecule has 15 heavy (non-hydrogen) atoms. The minimum Gasteiger partial charge on any atom is -0.454 e. The Morgan fingerprint density at radius 1 is 1.20 bits per heavy atom. The summed E-state index contributed by atoms with van der Waals surface area (Å²) in [6, 6.07) is 5.60. The molecular formula is C12H8O3. The molecule has 0 radical (unpaired) electrons. The number of hydrogen-bond donors (Lipinski definition) is 0. The van der Waals surface area contributed by atoms with Crippen molar-refractivity contribution in [2.75, 3.05) is 6.79 Å². The van der Waals surface area contributed by atoms with E-state index in [-0.39, 0.29) is 6.79 Å². The molecule has 0 saturated heterocycles. The van der Waals surface area contributed by atoms with Crippen molar-refractivity contribution in [2.45, 2.75) is 0 Å². The lowest BCUT2D eigenvalue weighted by molar-refractivity contribution is -0.103. The number of carbonyl (C=O) groups excluding carboxylic acids is 1. The van der Waals surface area contributed by atoms with Crippen LogP contribution < -0.4 is 9.47 Å². The predicted molar refractivity (Wildman–Crippen MR) is 55.4 cm³/mol. The van der Waals surface area contributed by atoms with Gasteiger partial charge in [0, 0.05) is 0 Å². The SMILES string of the molecule is O=CC#C/C=C/c1ccc2c(c1)OCO2. The fraction of sp³-hybridized carbons (Fsp3) is 0.0833. The highest BCUT2D eigenvalue weighted by atomic mass is 16.7. The van der Waals surface area contributed by atoms with Gasteiger partial charge in [0.15, 0.2) is 17.8 Å². The molecule has 2 rings (SSSR count). The maximum Gasteiger partial charge on any atom is 0.231 e. The summed E-state index contributed by atoms with van der Waals surface area (Å²) < 4.78 is 10.4. The van der Waals surface area contributed by atoms with Crippen LogP contribution in [-0.4, -0.2) is 13.1 Å². The average Bonchev–Trinajstić information content (AvgIpc) is 2.71. The van der Waals surface area contributed by atoms with Crippen molar-refractivity contribution < 1.29 is 14.3 Å². The zero-order valence-electron chi connectivity index (χ0n) is 7.90. The van der Waals surface area contributed by atoms with Crippen molar-refractivity contribution in [1.29, 1.82) is 0 Å². The number of allylic oxidation sites excluding steroid dienone is 1. The van der Waals surface area contributed by atoms with Crippen LogP contribution in [0.4, 0.5) is 0 Å². The Bertz CT molecular complexity index is 463. The van der Waals surface area contributed by atoms with Crippen molar-refractivity contribution >= 4 is 12.4 Å². The minimum atomic E-state index is 0.271. The fourth-order valence-electron chi connectivity index (χ4n) is 1.24. The highest BCUT2D eigenvalue weighted by Gasteiger charge is 2.11. The van der Waals surface area contributed by atoms with Gasteiger partial charge in [-0.2, -0.15) is 0 Å². The summed E-state index contributed by atoms with van der Waals surface area (Å²) in [7, 11) is 0. The van der Waals surface area contributed by atoms with E-state index in [0.29, 0.717) is 6.29 Å². The smallest absolute Gasteiger partial charge is 0.231 e. The van der Waals surface area contributed by atoms with Gasteiger partial charge in [0.25, 0.3) is 0 Å². The van der Waals surface area contributed by atoms with Crippen molar-refractivity contribution in [2.24, 2.45) is 0 Å². The number of rotatable bonds is 1. The number of fused-ring (bicyclic) bond motifs is 1. The van der Waals surface area contributed by atoms with Gasteiger partial charge >= 0.3 is 0 Å². The van der Waals surface area contributed by atoms with Crippen LogP contribution >= 0.6 is 0 Å². The van der Waals surface area contributed by atoms with Crippen molar-refractivity contribution in [3.05, 3.63) is 29.8 Å². The van der Waals surface area contributed by atoms with Crippen LogP contribution in [0.15, 0.2) is 24.3 Å². The van der Waals surface area contributed by atoms with E-state index in [0.717, 1.165) is 17.1 Å². The number of benzene rings is 1. The summed E-state index contributed by atoms with van der Waals surface area (Å²) in [5.41, 5.74) is 0.958. The second-order valence-electron chi connectivity index (χ2n) is 2.85. The largest absolute Gasteiger partial charge is 0.454 e. The van der Waals surface area contributed by atoms with E-state index in [1.54, 1.807) is 12.2 Å². The molecule has 0 aliphatic carbocycles. The first-order valence-electron chi connectivity index (χ1n) is 4.41. The lowest BCUT2D eigenvalue weighted by Gasteiger charge is -1.96. The zero-order chi connectivity index (χ0) is 10.5. The molecule has 0 N–H and O–H groups in total. The molecule has 3 heteroatoms. The van der Waals surface area contributed by atoms with E-state index >= 15 is 0 Å². The minimum absolute atomic E-state index is 0.271. The van der Waals surface area contributed by atoms with Gasteiger partial charge in [-0.15, -0.1) is 0 Å². The lowest BCUT2D eigenvalue weighted by atomic mass is 10.2. The summed E-state index contributed by atoms with van der Waals surface area (Å²) in [6.07, 6.45) is 3.98. The Hall–Kier alpha value is -2.21. The topological polar surface area (TPSA) is 35.5 Å². The molecule has 1 heterocycles. The molecule has 1 aromatic rings. The quantitative estimate of drug-likeness (QED) is 0.510. The first kappa shape index (κ1) is 9.35. The van der Waals surface area contributed by atoms with Crippen LogP contribution in [0.2, 0.25) is 0 Å². The third kappa shape index (κ3) is 2.18. The number of hydrogen-bond acceptors (Lipinski definition) is 3. The van der Waals surface area contributed by atoms with Crippen molar-refractivity contribution in [3.8, 4) is 23.3 Å². The summed E-state index contributed by atoms with van der Waals surface area (Å²) in [4.78, 5) is 9.93. The maximum absolute atomic E-state index is 9.93. The second-order valence-corrected chi connectivity index (χ2v) is 2.85. The number of aldehydes is 1. The van der Waals surface area contributed by atoms with Crippen LogP contribution in [0.25, 0.3) is 6.08 Å². The first-order valence-corrected chi connectivity index (χ1v) is 4.41. The van der Waals surface area contributed by atoms with Gasteiger partial charge in [0.05, 0.1) is 0 Å². The fourth-order valence-corrected chi connectivity index (χ4v) is 1.24. The molecule has 0 spiro atoms. The van der Waals surface area contributed by atoms with E-state index in [2.05, 4.69) is 11.8 Å². The van der Waals surface area contributed by atoms with Crippen LogP contribution in [0, 0.1) is 11.8 Å². The lowest BCUT2D eigenvalue weighted by Crippen LogP contribution is -1.92. The third-order valence-electron chi connectivity index (χ3n) is 1.90. The molecule has 0 saturated carbocycles. The zero-order valence-corrected chi connectivity index (χ0v) is 7.90. The van der Waals surface area contributed by atoms with Crippen LogP contribution in [0.5, 0.6) is 11.5 Å². The Morgan fingerprint density at radius 3 is 2.93 bits per heavy atom. The monoisotopic (exact) mass is 200 g/mol. The summed E-state index contributed by atoms with van der Waals surface area (Å²) in [5.74, 6) is 6.37. The highest BCUT2D eigenvalue weighted by Crippen LogP contribution is 2.32. The van der Waals surface area contributed by atoms with Crippen molar-refractivity contribution in [3.63, 3.8) is 0 Å². The van der Waals surface area contributed by atoms with E-state index in [9.17, 15) is 4.79 Å². The standard InChI is InChI=1S/C12H8O3/c13-7-3-1-2-4-10-5-6-11-12(8-10)15-9-14-11/h2,4-8H,9H2/b4-2+. The van der Waals surface area contributed by atoms with E-state index in [4.69, 9.17) is 9.47 Å². The Morgan fingerprint density at radius 2 is 2.07 bits per heavy atom. The van der Waals surface area contributed by atoms with Crippen molar-refractivity contribution in [1.82, 2.24) is 0 Å². The summed E-state index contributed by atoms with van der Waals surface area (Å²) in [5, 5.41) is 0. The van der Waals surface area contributed by atoms with Gasteiger partial charge in [-0.05, 0) is 35.8 Å². The third-order valence-corrected chi connectivity index (χ3v) is 1.90.